The average molecular weight is 294 g/mol. The molecule has 0 aliphatic rings. The Bertz CT molecular complexity index is 563. The van der Waals surface area contributed by atoms with Gasteiger partial charge in [0.05, 0.1) is 0 Å². The second-order valence-electron chi connectivity index (χ2n) is 5.47. The first-order valence-corrected chi connectivity index (χ1v) is 7.00. The zero-order valence-corrected chi connectivity index (χ0v) is 12.6. The number of amides is 1. The first kappa shape index (κ1) is 16.9. The van der Waals surface area contributed by atoms with E-state index in [0.29, 0.717) is 13.0 Å². The molecule has 1 amide bonds. The summed E-state index contributed by atoms with van der Waals surface area (Å²) in [4.78, 5) is 34.4. The van der Waals surface area contributed by atoms with E-state index in [1.807, 2.05) is 13.0 Å². The van der Waals surface area contributed by atoms with Crippen LogP contribution in [0.2, 0.25) is 0 Å². The van der Waals surface area contributed by atoms with Gasteiger partial charge in [-0.05, 0) is 30.9 Å². The molecule has 0 aliphatic heterocycles. The normalized spacial score (nSPS) is 12.2. The zero-order chi connectivity index (χ0) is 16.0. The topological polar surface area (TPSA) is 88.4 Å². The molecule has 0 radical (unpaired) electrons. The van der Waals surface area contributed by atoms with Gasteiger partial charge in [-0.1, -0.05) is 13.8 Å². The molecule has 1 atom stereocenters. The number of nitrogens with one attached hydrogen (secondary N) is 1. The van der Waals surface area contributed by atoms with Crippen molar-refractivity contribution in [2.75, 3.05) is 0 Å². The SMILES string of the molecule is Cc1ccn(CCCC(=O)NC(C(=O)O)C(C)C)c(=O)c1. The Morgan fingerprint density at radius 2 is 2.05 bits per heavy atom. The summed E-state index contributed by atoms with van der Waals surface area (Å²) in [6.45, 7) is 5.76. The number of pyridine rings is 1. The van der Waals surface area contributed by atoms with Gasteiger partial charge in [-0.2, -0.15) is 0 Å². The smallest absolute Gasteiger partial charge is 0.326 e. The molecule has 6 heteroatoms. The van der Waals surface area contributed by atoms with Crippen LogP contribution in [0.15, 0.2) is 23.1 Å². The molecular formula is C15H22N2O4. The highest BCUT2D eigenvalue weighted by Gasteiger charge is 2.22. The standard InChI is InChI=1S/C15H22N2O4/c1-10(2)14(15(20)21)16-12(18)5-4-7-17-8-6-11(3)9-13(17)19/h6,8-10,14H,4-5,7H2,1-3H3,(H,16,18)(H,20,21). The molecule has 21 heavy (non-hydrogen) atoms. The summed E-state index contributed by atoms with van der Waals surface area (Å²) in [6, 6.07) is 2.50. The van der Waals surface area contributed by atoms with Gasteiger partial charge in [0, 0.05) is 25.2 Å². The van der Waals surface area contributed by atoms with Crippen LogP contribution in [0.4, 0.5) is 0 Å². The van der Waals surface area contributed by atoms with Gasteiger partial charge >= 0.3 is 5.97 Å². The van der Waals surface area contributed by atoms with Crippen molar-refractivity contribution in [2.45, 2.75) is 46.2 Å². The van der Waals surface area contributed by atoms with E-state index in [2.05, 4.69) is 5.32 Å². The van der Waals surface area contributed by atoms with Crippen LogP contribution in [0.3, 0.4) is 0 Å². The maximum Gasteiger partial charge on any atom is 0.326 e. The van der Waals surface area contributed by atoms with Gasteiger partial charge in [-0.3, -0.25) is 9.59 Å². The minimum Gasteiger partial charge on any atom is -0.480 e. The summed E-state index contributed by atoms with van der Waals surface area (Å²) in [6.07, 6.45) is 2.37. The molecule has 116 valence electrons. The van der Waals surface area contributed by atoms with Crippen molar-refractivity contribution in [3.8, 4) is 0 Å². The Morgan fingerprint density at radius 3 is 2.57 bits per heavy atom. The third kappa shape index (κ3) is 5.41. The predicted molar refractivity (Wildman–Crippen MR) is 79.1 cm³/mol. The number of aliphatic carboxylic acids is 1. The lowest BCUT2D eigenvalue weighted by atomic mass is 10.0. The molecule has 0 saturated carbocycles. The number of hydrogen-bond acceptors (Lipinski definition) is 3. The molecule has 0 spiro atoms. The first-order valence-electron chi connectivity index (χ1n) is 7.00. The minimum absolute atomic E-state index is 0.0963. The number of carboxylic acids is 1. The van der Waals surface area contributed by atoms with E-state index in [-0.39, 0.29) is 23.8 Å². The molecule has 1 rings (SSSR count). The van der Waals surface area contributed by atoms with Gasteiger partial charge in [0.2, 0.25) is 5.91 Å². The Balaban J connectivity index is 2.46. The number of hydrogen-bond donors (Lipinski definition) is 2. The molecule has 6 nitrogen and oxygen atoms in total. The summed E-state index contributed by atoms with van der Waals surface area (Å²) in [7, 11) is 0. The van der Waals surface area contributed by atoms with Gasteiger partial charge in [0.15, 0.2) is 0 Å². The molecule has 1 unspecified atom stereocenters. The van der Waals surface area contributed by atoms with Crippen LogP contribution < -0.4 is 10.9 Å². The van der Waals surface area contributed by atoms with E-state index in [9.17, 15) is 14.4 Å². The van der Waals surface area contributed by atoms with Crippen LogP contribution >= 0.6 is 0 Å². The zero-order valence-electron chi connectivity index (χ0n) is 12.6. The molecule has 2 N–H and O–H groups in total. The Kier molecular flexibility index (Phi) is 6.14. The maximum atomic E-state index is 11.7. The van der Waals surface area contributed by atoms with Crippen LogP contribution in [-0.4, -0.2) is 27.6 Å². The Labute approximate surface area is 123 Å². The Morgan fingerprint density at radius 1 is 1.38 bits per heavy atom. The highest BCUT2D eigenvalue weighted by Crippen LogP contribution is 2.03. The average Bonchev–Trinajstić information content (AvgIpc) is 2.37. The van der Waals surface area contributed by atoms with Gasteiger partial charge < -0.3 is 15.0 Å². The van der Waals surface area contributed by atoms with E-state index in [4.69, 9.17) is 5.11 Å². The molecular weight excluding hydrogens is 272 g/mol. The number of carbonyl (C=O) groups is 2. The quantitative estimate of drug-likeness (QED) is 0.790. The summed E-state index contributed by atoms with van der Waals surface area (Å²) >= 11 is 0. The Hall–Kier alpha value is -2.11. The lowest BCUT2D eigenvalue weighted by molar-refractivity contribution is -0.143. The fraction of sp³-hybridized carbons (Fsp3) is 0.533. The van der Waals surface area contributed by atoms with Gasteiger partial charge in [0.25, 0.3) is 5.56 Å². The van der Waals surface area contributed by atoms with Gasteiger partial charge in [0.1, 0.15) is 6.04 Å². The predicted octanol–water partition coefficient (Wildman–Crippen LogP) is 1.16. The largest absolute Gasteiger partial charge is 0.480 e. The van der Waals surface area contributed by atoms with Crippen LogP contribution in [-0.2, 0) is 16.1 Å². The van der Waals surface area contributed by atoms with E-state index in [1.165, 1.54) is 4.57 Å². The number of nitrogens with zero attached hydrogens (tertiary/aromatic N) is 1. The van der Waals surface area contributed by atoms with Crippen molar-refractivity contribution in [1.82, 2.24) is 9.88 Å². The number of aryl methyl sites for hydroxylation is 2. The lowest BCUT2D eigenvalue weighted by Crippen LogP contribution is -2.44. The highest BCUT2D eigenvalue weighted by molar-refractivity contribution is 5.83. The van der Waals surface area contributed by atoms with Crippen molar-refractivity contribution in [2.24, 2.45) is 5.92 Å². The van der Waals surface area contributed by atoms with Crippen LogP contribution in [0.25, 0.3) is 0 Å². The summed E-state index contributed by atoms with van der Waals surface area (Å²) in [5.41, 5.74) is 0.802. The molecule has 1 aromatic heterocycles. The summed E-state index contributed by atoms with van der Waals surface area (Å²) in [5, 5.41) is 11.5. The number of carboxylic acid groups (broad SMARTS) is 1. The second kappa shape index (κ2) is 7.61. The van der Waals surface area contributed by atoms with Gasteiger partial charge in [-0.15, -0.1) is 0 Å². The molecule has 0 aliphatic carbocycles. The van der Waals surface area contributed by atoms with E-state index in [0.717, 1.165) is 5.56 Å². The van der Waals surface area contributed by atoms with Gasteiger partial charge in [-0.25, -0.2) is 4.79 Å². The lowest BCUT2D eigenvalue weighted by Gasteiger charge is -2.17. The highest BCUT2D eigenvalue weighted by atomic mass is 16.4. The number of rotatable bonds is 7. The van der Waals surface area contributed by atoms with E-state index >= 15 is 0 Å². The number of carbonyl (C=O) groups excluding carboxylic acids is 1. The first-order chi connectivity index (χ1) is 9.81. The molecule has 0 saturated heterocycles. The van der Waals surface area contributed by atoms with Crippen molar-refractivity contribution in [3.05, 3.63) is 34.2 Å². The van der Waals surface area contributed by atoms with E-state index < -0.39 is 12.0 Å². The molecule has 0 fully saturated rings. The third-order valence-electron chi connectivity index (χ3n) is 3.20. The van der Waals surface area contributed by atoms with Crippen molar-refractivity contribution >= 4 is 11.9 Å². The summed E-state index contributed by atoms with van der Waals surface area (Å²) < 4.78 is 1.54. The monoisotopic (exact) mass is 294 g/mol. The fourth-order valence-corrected chi connectivity index (χ4v) is 1.96. The minimum atomic E-state index is -1.03. The third-order valence-corrected chi connectivity index (χ3v) is 3.20. The van der Waals surface area contributed by atoms with Crippen molar-refractivity contribution < 1.29 is 14.7 Å². The van der Waals surface area contributed by atoms with Crippen LogP contribution in [0.5, 0.6) is 0 Å². The maximum absolute atomic E-state index is 11.7. The summed E-state index contributed by atoms with van der Waals surface area (Å²) in [5.74, 6) is -1.52. The number of aromatic nitrogens is 1. The van der Waals surface area contributed by atoms with Crippen LogP contribution in [0, 0.1) is 12.8 Å². The fourth-order valence-electron chi connectivity index (χ4n) is 1.96. The van der Waals surface area contributed by atoms with Crippen LogP contribution in [0.1, 0.15) is 32.3 Å². The second-order valence-corrected chi connectivity index (χ2v) is 5.47. The molecule has 1 aromatic rings. The molecule has 0 aromatic carbocycles. The van der Waals surface area contributed by atoms with Crippen molar-refractivity contribution in [1.29, 1.82) is 0 Å². The molecule has 0 bridgehead atoms. The molecule has 1 heterocycles. The van der Waals surface area contributed by atoms with Crippen molar-refractivity contribution in [3.63, 3.8) is 0 Å². The van der Waals surface area contributed by atoms with E-state index in [1.54, 1.807) is 26.1 Å².